The first-order valence-corrected chi connectivity index (χ1v) is 15.7. The molecule has 1 aromatic heterocycles. The van der Waals surface area contributed by atoms with Crippen molar-refractivity contribution in [1.82, 2.24) is 4.98 Å². The zero-order valence-electron chi connectivity index (χ0n) is 24.5. The van der Waals surface area contributed by atoms with Gasteiger partial charge in [0.25, 0.3) is 0 Å². The molecule has 0 aliphatic rings. The van der Waals surface area contributed by atoms with E-state index in [2.05, 4.69) is 4.74 Å². The Balaban J connectivity index is 1.34. The Morgan fingerprint density at radius 2 is 1.22 bits per heavy atom. The van der Waals surface area contributed by atoms with Gasteiger partial charge >= 0.3 is 14.2 Å². The number of ether oxygens (including phenoxy) is 1. The van der Waals surface area contributed by atoms with Crippen molar-refractivity contribution >= 4 is 18.7 Å². The van der Waals surface area contributed by atoms with Crippen LogP contribution in [0.15, 0.2) is 133 Å². The van der Waals surface area contributed by atoms with Crippen molar-refractivity contribution in [2.45, 2.75) is 19.9 Å². The second-order valence-corrected chi connectivity index (χ2v) is 11.8. The van der Waals surface area contributed by atoms with E-state index >= 15 is 0 Å². The fourth-order valence-electron chi connectivity index (χ4n) is 4.87. The summed E-state index contributed by atoms with van der Waals surface area (Å²) in [5.41, 5.74) is 4.84. The second-order valence-electron chi connectivity index (χ2n) is 10.3. The molecular formula is C36H27F3NO5P. The second kappa shape index (κ2) is 13.1. The number of nitrogens with zero attached hydrogens (tertiary/aromatic N) is 1. The van der Waals surface area contributed by atoms with Crippen LogP contribution in [0.2, 0.25) is 0 Å². The number of alkyl halides is 3. The average Bonchev–Trinajstić information content (AvgIpc) is 3.06. The molecule has 0 spiro atoms. The molecule has 1 unspecified atom stereocenters. The molecule has 0 saturated carbocycles. The van der Waals surface area contributed by atoms with E-state index in [-0.39, 0.29) is 12.4 Å². The minimum absolute atomic E-state index is 0.00928. The number of phosphoric ester groups is 1. The van der Waals surface area contributed by atoms with Crippen LogP contribution < -0.4 is 13.8 Å². The van der Waals surface area contributed by atoms with Gasteiger partial charge in [-0.15, -0.1) is 13.2 Å². The quantitative estimate of drug-likeness (QED) is 0.139. The van der Waals surface area contributed by atoms with Crippen molar-refractivity contribution in [3.8, 4) is 39.6 Å². The summed E-state index contributed by atoms with van der Waals surface area (Å²) in [6, 6.07) is 38.4. The minimum atomic E-state index is -4.76. The molecule has 5 aromatic carbocycles. The lowest BCUT2D eigenvalue weighted by Gasteiger charge is -2.22. The van der Waals surface area contributed by atoms with Gasteiger partial charge in [-0.3, -0.25) is 4.52 Å². The van der Waals surface area contributed by atoms with Gasteiger partial charge in [0.05, 0.1) is 17.8 Å². The van der Waals surface area contributed by atoms with E-state index in [1.165, 1.54) is 12.1 Å². The molecule has 0 N–H and O–H groups in total. The monoisotopic (exact) mass is 641 g/mol. The number of fused-ring (bicyclic) bond motifs is 1. The van der Waals surface area contributed by atoms with Crippen molar-refractivity contribution in [3.05, 3.63) is 145 Å². The van der Waals surface area contributed by atoms with E-state index in [9.17, 15) is 17.7 Å². The molecule has 6 nitrogen and oxygen atoms in total. The standard InChI is InChI=1S/C36H27F3NO5P/c1-25-34(29-18-16-27(17-19-29)28-20-22-30(23-21-28)43-36(37,38)39)40-33-15-9-8-14-32(33)35(25)45-46(41,44-31-12-6-3-7-13-31)42-24-26-10-4-2-5-11-26/h2-23H,24H2,1H3. The first-order valence-electron chi connectivity index (χ1n) is 14.2. The van der Waals surface area contributed by atoms with Gasteiger partial charge in [-0.2, -0.15) is 0 Å². The number of para-hydroxylation sites is 2. The zero-order chi connectivity index (χ0) is 32.1. The summed E-state index contributed by atoms with van der Waals surface area (Å²) >= 11 is 0. The molecule has 1 heterocycles. The Labute approximate surface area is 263 Å². The van der Waals surface area contributed by atoms with Crippen LogP contribution in [0, 0.1) is 6.92 Å². The lowest BCUT2D eigenvalue weighted by Crippen LogP contribution is -2.16. The van der Waals surface area contributed by atoms with Crippen LogP contribution in [-0.4, -0.2) is 11.3 Å². The summed E-state index contributed by atoms with van der Waals surface area (Å²) in [5.74, 6) is 0.332. The smallest absolute Gasteiger partial charge is 0.406 e. The number of aromatic nitrogens is 1. The maximum atomic E-state index is 14.3. The van der Waals surface area contributed by atoms with Gasteiger partial charge in [-0.1, -0.05) is 97.1 Å². The summed E-state index contributed by atoms with van der Waals surface area (Å²) in [5, 5.41) is 0.627. The normalized spacial score (nSPS) is 12.8. The largest absolute Gasteiger partial charge is 0.587 e. The van der Waals surface area contributed by atoms with Crippen LogP contribution >= 0.6 is 7.82 Å². The molecule has 0 fully saturated rings. The highest BCUT2D eigenvalue weighted by atomic mass is 31.2. The van der Waals surface area contributed by atoms with Crippen LogP contribution in [0.4, 0.5) is 13.2 Å². The van der Waals surface area contributed by atoms with Gasteiger partial charge in [0, 0.05) is 16.5 Å². The Morgan fingerprint density at radius 1 is 0.652 bits per heavy atom. The van der Waals surface area contributed by atoms with Crippen molar-refractivity contribution in [1.29, 1.82) is 0 Å². The highest BCUT2D eigenvalue weighted by Crippen LogP contribution is 2.53. The lowest BCUT2D eigenvalue weighted by atomic mass is 9.99. The molecule has 46 heavy (non-hydrogen) atoms. The average molecular weight is 642 g/mol. The maximum Gasteiger partial charge on any atom is 0.587 e. The third-order valence-corrected chi connectivity index (χ3v) is 8.34. The number of hydrogen-bond donors (Lipinski definition) is 0. The fraction of sp³-hybridized carbons (Fsp3) is 0.0833. The SMILES string of the molecule is Cc1c(-c2ccc(-c3ccc(OC(F)(F)F)cc3)cc2)nc2ccccc2c1OP(=O)(OCc1ccccc1)Oc1ccccc1. The molecule has 10 heteroatoms. The predicted molar refractivity (Wildman–Crippen MR) is 171 cm³/mol. The van der Waals surface area contributed by atoms with E-state index in [1.807, 2.05) is 91.9 Å². The number of benzene rings is 5. The van der Waals surface area contributed by atoms with Crippen molar-refractivity contribution in [2.75, 3.05) is 0 Å². The van der Waals surface area contributed by atoms with Gasteiger partial charge < -0.3 is 13.8 Å². The van der Waals surface area contributed by atoms with E-state index in [0.29, 0.717) is 39.2 Å². The molecular weight excluding hydrogens is 614 g/mol. The Morgan fingerprint density at radius 3 is 1.87 bits per heavy atom. The minimum Gasteiger partial charge on any atom is -0.406 e. The molecule has 0 aliphatic heterocycles. The summed E-state index contributed by atoms with van der Waals surface area (Å²) in [7, 11) is -4.25. The van der Waals surface area contributed by atoms with Crippen molar-refractivity contribution < 1.29 is 36.0 Å². The zero-order valence-corrected chi connectivity index (χ0v) is 25.4. The van der Waals surface area contributed by atoms with Crippen LogP contribution in [0.25, 0.3) is 33.3 Å². The van der Waals surface area contributed by atoms with Crippen molar-refractivity contribution in [3.63, 3.8) is 0 Å². The molecule has 0 radical (unpaired) electrons. The highest BCUT2D eigenvalue weighted by molar-refractivity contribution is 7.49. The predicted octanol–water partition coefficient (Wildman–Crippen LogP) is 10.6. The van der Waals surface area contributed by atoms with E-state index in [1.54, 1.807) is 36.4 Å². The molecule has 6 rings (SSSR count). The van der Waals surface area contributed by atoms with Crippen molar-refractivity contribution in [2.24, 2.45) is 0 Å². The van der Waals surface area contributed by atoms with Gasteiger partial charge in [-0.25, -0.2) is 9.55 Å². The van der Waals surface area contributed by atoms with Crippen LogP contribution in [0.5, 0.6) is 17.2 Å². The third kappa shape index (κ3) is 7.40. The number of rotatable bonds is 10. The highest BCUT2D eigenvalue weighted by Gasteiger charge is 2.33. The van der Waals surface area contributed by atoms with E-state index in [0.717, 1.165) is 16.7 Å². The van der Waals surface area contributed by atoms with Gasteiger partial charge in [0.1, 0.15) is 17.2 Å². The fourth-order valence-corrected chi connectivity index (χ4v) is 6.16. The molecule has 232 valence electrons. The molecule has 6 aromatic rings. The Hall–Kier alpha value is -5.11. The first kappa shape index (κ1) is 30.9. The van der Waals surface area contributed by atoms with Gasteiger partial charge in [0.15, 0.2) is 0 Å². The van der Waals surface area contributed by atoms with Crippen LogP contribution in [-0.2, 0) is 15.7 Å². The topological polar surface area (TPSA) is 66.9 Å². The number of halogens is 3. The summed E-state index contributed by atoms with van der Waals surface area (Å²) in [6.07, 6.45) is -4.76. The van der Waals surface area contributed by atoms with Crippen LogP contribution in [0.3, 0.4) is 0 Å². The van der Waals surface area contributed by atoms with Gasteiger partial charge in [0.2, 0.25) is 0 Å². The first-order chi connectivity index (χ1) is 22.2. The summed E-state index contributed by atoms with van der Waals surface area (Å²) in [6.45, 7) is 1.81. The summed E-state index contributed by atoms with van der Waals surface area (Å²) in [4.78, 5) is 4.89. The lowest BCUT2D eigenvalue weighted by molar-refractivity contribution is -0.274. The molecule has 0 saturated heterocycles. The number of hydrogen-bond acceptors (Lipinski definition) is 6. The van der Waals surface area contributed by atoms with Crippen LogP contribution in [0.1, 0.15) is 11.1 Å². The maximum absolute atomic E-state index is 14.3. The van der Waals surface area contributed by atoms with E-state index in [4.69, 9.17) is 18.6 Å². The van der Waals surface area contributed by atoms with E-state index < -0.39 is 14.2 Å². The van der Waals surface area contributed by atoms with Gasteiger partial charge in [-0.05, 0) is 60.0 Å². The Bertz CT molecular complexity index is 1990. The number of pyridine rings is 1. The third-order valence-electron chi connectivity index (χ3n) is 7.05. The molecule has 0 aliphatic carbocycles. The molecule has 1 atom stereocenters. The molecule has 0 amide bonds. The Kier molecular flexibility index (Phi) is 8.79. The molecule has 0 bridgehead atoms. The summed E-state index contributed by atoms with van der Waals surface area (Å²) < 4.78 is 74.0. The number of phosphoric acid groups is 1.